The van der Waals surface area contributed by atoms with E-state index in [9.17, 15) is 0 Å². The van der Waals surface area contributed by atoms with Crippen molar-refractivity contribution in [3.63, 3.8) is 0 Å². The third-order valence-corrected chi connectivity index (χ3v) is 2.89. The average molecular weight is 209 g/mol. The van der Waals surface area contributed by atoms with Crippen LogP contribution in [0.5, 0.6) is 0 Å². The molecule has 1 atom stereocenters. The molecule has 84 valence electrons. The molecule has 1 saturated heterocycles. The summed E-state index contributed by atoms with van der Waals surface area (Å²) in [6, 6.07) is 0.526. The molecule has 2 heterocycles. The van der Waals surface area contributed by atoms with E-state index < -0.39 is 0 Å². The summed E-state index contributed by atoms with van der Waals surface area (Å²) in [6.07, 6.45) is 6.88. The van der Waals surface area contributed by atoms with Gasteiger partial charge in [0.15, 0.2) is 0 Å². The molecular weight excluding hydrogens is 190 g/mol. The molecule has 1 unspecified atom stereocenters. The molecule has 4 heteroatoms. The summed E-state index contributed by atoms with van der Waals surface area (Å²) in [6.45, 7) is 3.15. The maximum absolute atomic E-state index is 5.51. The number of hydrogen-bond donors (Lipinski definition) is 1. The van der Waals surface area contributed by atoms with Gasteiger partial charge in [-0.25, -0.2) is 0 Å². The predicted octanol–water partition coefficient (Wildman–Crippen LogP) is 1.71. The Morgan fingerprint density at radius 3 is 2.93 bits per heavy atom. The van der Waals surface area contributed by atoms with Crippen LogP contribution in [0.4, 0.5) is 0 Å². The molecule has 0 aromatic carbocycles. The minimum Gasteiger partial charge on any atom is -0.425 e. The van der Waals surface area contributed by atoms with Crippen molar-refractivity contribution in [3.8, 4) is 0 Å². The van der Waals surface area contributed by atoms with Gasteiger partial charge in [-0.3, -0.25) is 0 Å². The van der Waals surface area contributed by atoms with E-state index in [1.807, 2.05) is 6.92 Å². The van der Waals surface area contributed by atoms with E-state index >= 15 is 0 Å². The van der Waals surface area contributed by atoms with Gasteiger partial charge in [0, 0.05) is 18.9 Å². The first-order valence-electron chi connectivity index (χ1n) is 5.93. The molecule has 0 saturated carbocycles. The van der Waals surface area contributed by atoms with E-state index in [2.05, 4.69) is 15.5 Å². The first-order chi connectivity index (χ1) is 7.38. The highest BCUT2D eigenvalue weighted by molar-refractivity contribution is 4.86. The minimum absolute atomic E-state index is 0.526. The van der Waals surface area contributed by atoms with Gasteiger partial charge in [0.1, 0.15) is 0 Å². The standard InChI is InChI=1S/C11H19N3O/c1-2-10-13-14-11(15-10)8-9-6-4-3-5-7-12-9/h9,12H,2-8H2,1H3. The summed E-state index contributed by atoms with van der Waals surface area (Å²) in [5.74, 6) is 1.53. The smallest absolute Gasteiger partial charge is 0.218 e. The van der Waals surface area contributed by atoms with Crippen molar-refractivity contribution >= 4 is 0 Å². The highest BCUT2D eigenvalue weighted by Crippen LogP contribution is 2.12. The number of hydrogen-bond acceptors (Lipinski definition) is 4. The Kier molecular flexibility index (Phi) is 3.72. The quantitative estimate of drug-likeness (QED) is 0.823. The zero-order valence-corrected chi connectivity index (χ0v) is 9.33. The topological polar surface area (TPSA) is 51.0 Å². The molecule has 1 N–H and O–H groups in total. The zero-order valence-electron chi connectivity index (χ0n) is 9.33. The molecule has 0 spiro atoms. The summed E-state index contributed by atoms with van der Waals surface area (Å²) < 4.78 is 5.51. The zero-order chi connectivity index (χ0) is 10.5. The van der Waals surface area contributed by atoms with E-state index in [0.29, 0.717) is 6.04 Å². The van der Waals surface area contributed by atoms with E-state index in [4.69, 9.17) is 4.42 Å². The largest absolute Gasteiger partial charge is 0.425 e. The van der Waals surface area contributed by atoms with E-state index in [1.54, 1.807) is 0 Å². The van der Waals surface area contributed by atoms with Gasteiger partial charge in [0.2, 0.25) is 11.8 Å². The summed E-state index contributed by atoms with van der Waals surface area (Å²) in [4.78, 5) is 0. The maximum atomic E-state index is 5.51. The van der Waals surface area contributed by atoms with Crippen molar-refractivity contribution in [2.75, 3.05) is 6.54 Å². The van der Waals surface area contributed by atoms with Crippen LogP contribution >= 0.6 is 0 Å². The second kappa shape index (κ2) is 5.26. The molecule has 4 nitrogen and oxygen atoms in total. The molecule has 1 aromatic heterocycles. The van der Waals surface area contributed by atoms with Crippen LogP contribution in [0.2, 0.25) is 0 Å². The van der Waals surface area contributed by atoms with Crippen LogP contribution in [0.15, 0.2) is 4.42 Å². The van der Waals surface area contributed by atoms with Crippen LogP contribution in [-0.2, 0) is 12.8 Å². The highest BCUT2D eigenvalue weighted by Gasteiger charge is 2.15. The minimum atomic E-state index is 0.526. The van der Waals surface area contributed by atoms with Gasteiger partial charge in [0.05, 0.1) is 0 Å². The van der Waals surface area contributed by atoms with E-state index in [-0.39, 0.29) is 0 Å². The maximum Gasteiger partial charge on any atom is 0.218 e. The molecule has 15 heavy (non-hydrogen) atoms. The predicted molar refractivity (Wildman–Crippen MR) is 57.6 cm³/mol. The van der Waals surface area contributed by atoms with Gasteiger partial charge in [-0.1, -0.05) is 19.8 Å². The lowest BCUT2D eigenvalue weighted by Crippen LogP contribution is -2.30. The molecule has 1 aliphatic rings. The number of aryl methyl sites for hydroxylation is 1. The Morgan fingerprint density at radius 2 is 2.13 bits per heavy atom. The molecule has 1 fully saturated rings. The highest BCUT2D eigenvalue weighted by atomic mass is 16.4. The lowest BCUT2D eigenvalue weighted by atomic mass is 10.1. The molecule has 0 radical (unpaired) electrons. The summed E-state index contributed by atoms with van der Waals surface area (Å²) in [7, 11) is 0. The monoisotopic (exact) mass is 209 g/mol. The first-order valence-corrected chi connectivity index (χ1v) is 5.93. The molecule has 2 rings (SSSR count). The third-order valence-electron chi connectivity index (χ3n) is 2.89. The Morgan fingerprint density at radius 1 is 1.27 bits per heavy atom. The molecule has 1 aromatic rings. The number of nitrogens with one attached hydrogen (secondary N) is 1. The van der Waals surface area contributed by atoms with Crippen molar-refractivity contribution in [2.45, 2.75) is 51.5 Å². The number of aromatic nitrogens is 2. The normalized spacial score (nSPS) is 22.6. The molecule has 0 amide bonds. The SMILES string of the molecule is CCc1nnc(CC2CCCCCN2)o1. The van der Waals surface area contributed by atoms with Gasteiger partial charge in [0.25, 0.3) is 0 Å². The van der Waals surface area contributed by atoms with Crippen LogP contribution in [0, 0.1) is 0 Å². The van der Waals surface area contributed by atoms with E-state index in [1.165, 1.54) is 25.7 Å². The third kappa shape index (κ3) is 3.02. The van der Waals surface area contributed by atoms with E-state index in [0.717, 1.165) is 31.2 Å². The fourth-order valence-corrected chi connectivity index (χ4v) is 2.00. The summed E-state index contributed by atoms with van der Waals surface area (Å²) in [5.41, 5.74) is 0. The number of nitrogens with zero attached hydrogens (tertiary/aromatic N) is 2. The molecule has 0 bridgehead atoms. The van der Waals surface area contributed by atoms with Crippen LogP contribution in [0.3, 0.4) is 0 Å². The lowest BCUT2D eigenvalue weighted by Gasteiger charge is -2.12. The summed E-state index contributed by atoms with van der Waals surface area (Å²) >= 11 is 0. The fourth-order valence-electron chi connectivity index (χ4n) is 2.00. The molecule has 0 aliphatic carbocycles. The van der Waals surface area contributed by atoms with Crippen molar-refractivity contribution in [3.05, 3.63) is 11.8 Å². The van der Waals surface area contributed by atoms with Crippen LogP contribution in [-0.4, -0.2) is 22.8 Å². The van der Waals surface area contributed by atoms with Crippen LogP contribution in [0.1, 0.15) is 44.4 Å². The molecular formula is C11H19N3O. The van der Waals surface area contributed by atoms with Gasteiger partial charge in [-0.15, -0.1) is 10.2 Å². The van der Waals surface area contributed by atoms with Crippen molar-refractivity contribution < 1.29 is 4.42 Å². The molecule has 1 aliphatic heterocycles. The van der Waals surface area contributed by atoms with Crippen molar-refractivity contribution in [2.24, 2.45) is 0 Å². The Balaban J connectivity index is 1.89. The Labute approximate surface area is 90.5 Å². The van der Waals surface area contributed by atoms with Gasteiger partial charge in [-0.05, 0) is 19.4 Å². The Bertz CT molecular complexity index is 290. The Hall–Kier alpha value is -0.900. The van der Waals surface area contributed by atoms with Crippen molar-refractivity contribution in [1.29, 1.82) is 0 Å². The second-order valence-electron chi connectivity index (χ2n) is 4.15. The first kappa shape index (κ1) is 10.6. The van der Waals surface area contributed by atoms with Crippen molar-refractivity contribution in [1.82, 2.24) is 15.5 Å². The average Bonchev–Trinajstić information content (AvgIpc) is 2.54. The van der Waals surface area contributed by atoms with Gasteiger partial charge in [-0.2, -0.15) is 0 Å². The van der Waals surface area contributed by atoms with Gasteiger partial charge < -0.3 is 9.73 Å². The number of rotatable bonds is 3. The van der Waals surface area contributed by atoms with Gasteiger partial charge >= 0.3 is 0 Å². The summed E-state index contributed by atoms with van der Waals surface area (Å²) in [5, 5.41) is 11.6. The van der Waals surface area contributed by atoms with Crippen LogP contribution in [0.25, 0.3) is 0 Å². The van der Waals surface area contributed by atoms with Crippen LogP contribution < -0.4 is 5.32 Å². The fraction of sp³-hybridized carbons (Fsp3) is 0.818. The second-order valence-corrected chi connectivity index (χ2v) is 4.15. The lowest BCUT2D eigenvalue weighted by molar-refractivity contribution is 0.408.